The summed E-state index contributed by atoms with van der Waals surface area (Å²) in [5, 5.41) is 7.63. The molecular weight excluding hydrogens is 490 g/mol. The molecule has 7 aromatic rings. The Hall–Kier alpha value is -4.80. The van der Waals surface area contributed by atoms with Gasteiger partial charge in [-0.25, -0.2) is 9.97 Å². The van der Waals surface area contributed by atoms with E-state index >= 15 is 0 Å². The average molecular weight is 518 g/mol. The zero-order valence-corrected chi connectivity index (χ0v) is 22.7. The molecule has 0 atom stereocenters. The van der Waals surface area contributed by atoms with Gasteiger partial charge in [-0.05, 0) is 51.9 Å². The molecule has 39 heavy (non-hydrogen) atoms. The van der Waals surface area contributed by atoms with E-state index in [0.29, 0.717) is 0 Å². The van der Waals surface area contributed by atoms with Crippen LogP contribution < -0.4 is 20.7 Å². The van der Waals surface area contributed by atoms with Crippen LogP contribution in [0.4, 0.5) is 0 Å². The minimum atomic E-state index is -2.73. The Morgan fingerprint density at radius 2 is 1.03 bits per heavy atom. The van der Waals surface area contributed by atoms with E-state index in [1.54, 1.807) is 0 Å². The quantitative estimate of drug-likeness (QED) is 0.230. The van der Waals surface area contributed by atoms with Crippen molar-refractivity contribution in [3.8, 4) is 5.69 Å². The van der Waals surface area contributed by atoms with Crippen LogP contribution in [0.25, 0.3) is 27.5 Å². The van der Waals surface area contributed by atoms with Crippen LogP contribution in [0.2, 0.25) is 0 Å². The molecule has 0 bridgehead atoms. The van der Waals surface area contributed by atoms with Crippen LogP contribution in [0.3, 0.4) is 0 Å². The van der Waals surface area contributed by atoms with Gasteiger partial charge in [0.15, 0.2) is 8.07 Å². The van der Waals surface area contributed by atoms with Gasteiger partial charge < -0.3 is 4.57 Å². The topological polar surface area (TPSA) is 30.7 Å². The van der Waals surface area contributed by atoms with Crippen molar-refractivity contribution in [3.05, 3.63) is 152 Å². The van der Waals surface area contributed by atoms with Crippen LogP contribution in [0.15, 0.2) is 146 Å². The average Bonchev–Trinajstić information content (AvgIpc) is 3.34. The van der Waals surface area contributed by atoms with E-state index in [2.05, 4.69) is 138 Å². The number of aromatic nitrogens is 3. The Kier molecular flexibility index (Phi) is 5.68. The molecule has 0 radical (unpaired) electrons. The van der Waals surface area contributed by atoms with Crippen molar-refractivity contribution in [2.45, 2.75) is 6.92 Å². The molecular formula is C35H27N3Si. The van der Waals surface area contributed by atoms with Gasteiger partial charge in [0, 0.05) is 28.9 Å². The van der Waals surface area contributed by atoms with E-state index in [-0.39, 0.29) is 0 Å². The van der Waals surface area contributed by atoms with Crippen molar-refractivity contribution < 1.29 is 0 Å². The first kappa shape index (κ1) is 23.3. The number of hydrogen-bond donors (Lipinski definition) is 0. The van der Waals surface area contributed by atoms with Gasteiger partial charge in [-0.1, -0.05) is 109 Å². The van der Waals surface area contributed by atoms with E-state index in [1.165, 1.54) is 42.6 Å². The number of para-hydroxylation sites is 2. The lowest BCUT2D eigenvalue weighted by molar-refractivity contribution is 1.06. The minimum absolute atomic E-state index is 0.782. The highest BCUT2D eigenvalue weighted by Gasteiger charge is 2.42. The molecule has 4 heteroatoms. The van der Waals surface area contributed by atoms with Crippen LogP contribution in [-0.2, 0) is 0 Å². The highest BCUT2D eigenvalue weighted by Crippen LogP contribution is 2.31. The molecule has 0 N–H and O–H groups in total. The van der Waals surface area contributed by atoms with Crippen molar-refractivity contribution in [1.29, 1.82) is 0 Å². The molecule has 0 saturated heterocycles. The van der Waals surface area contributed by atoms with Crippen molar-refractivity contribution >= 4 is 50.6 Å². The zero-order valence-electron chi connectivity index (χ0n) is 21.7. The van der Waals surface area contributed by atoms with Crippen molar-refractivity contribution in [2.75, 3.05) is 0 Å². The summed E-state index contributed by atoms with van der Waals surface area (Å²) < 4.78 is 2.37. The van der Waals surface area contributed by atoms with Gasteiger partial charge in [-0.3, -0.25) is 0 Å². The number of benzene rings is 5. The summed E-state index contributed by atoms with van der Waals surface area (Å²) in [5.74, 6) is 0.782. The van der Waals surface area contributed by atoms with E-state index in [9.17, 15) is 0 Å². The molecule has 5 aromatic carbocycles. The summed E-state index contributed by atoms with van der Waals surface area (Å²) in [4.78, 5) is 9.39. The molecule has 3 nitrogen and oxygen atoms in total. The highest BCUT2D eigenvalue weighted by molar-refractivity contribution is 7.19. The van der Waals surface area contributed by atoms with Gasteiger partial charge in [-0.2, -0.15) is 0 Å². The molecule has 0 fully saturated rings. The van der Waals surface area contributed by atoms with Crippen LogP contribution in [-0.4, -0.2) is 22.6 Å². The van der Waals surface area contributed by atoms with Crippen LogP contribution in [0.5, 0.6) is 0 Å². The Bertz CT molecular complexity index is 1860. The predicted molar refractivity (Wildman–Crippen MR) is 165 cm³/mol. The Labute approximate surface area is 229 Å². The van der Waals surface area contributed by atoms with Gasteiger partial charge in [0.25, 0.3) is 0 Å². The molecule has 0 saturated carbocycles. The molecule has 0 spiro atoms. The number of fused-ring (bicyclic) bond motifs is 3. The summed E-state index contributed by atoms with van der Waals surface area (Å²) in [6, 6.07) is 48.3. The van der Waals surface area contributed by atoms with Crippen molar-refractivity contribution in [3.63, 3.8) is 0 Å². The van der Waals surface area contributed by atoms with E-state index in [1.807, 2.05) is 19.3 Å². The van der Waals surface area contributed by atoms with E-state index < -0.39 is 8.07 Å². The maximum Gasteiger partial charge on any atom is 0.183 e. The van der Waals surface area contributed by atoms with Gasteiger partial charge in [-0.15, -0.1) is 0 Å². The predicted octanol–water partition coefficient (Wildman–Crippen LogP) is 5.26. The highest BCUT2D eigenvalue weighted by atomic mass is 28.3. The summed E-state index contributed by atoms with van der Waals surface area (Å²) in [7, 11) is -2.73. The van der Waals surface area contributed by atoms with Gasteiger partial charge >= 0.3 is 0 Å². The summed E-state index contributed by atoms with van der Waals surface area (Å²) in [5.41, 5.74) is 3.58. The summed E-state index contributed by atoms with van der Waals surface area (Å²) in [6.07, 6.45) is 4.10. The number of hydrogen-bond acceptors (Lipinski definition) is 2. The number of nitrogens with zero attached hydrogens (tertiary/aromatic N) is 3. The van der Waals surface area contributed by atoms with E-state index in [4.69, 9.17) is 9.97 Å². The second kappa shape index (κ2) is 9.50. The third-order valence-electron chi connectivity index (χ3n) is 7.75. The molecule has 2 aromatic heterocycles. The maximum absolute atomic E-state index is 4.70. The van der Waals surface area contributed by atoms with Gasteiger partial charge in [0.2, 0.25) is 0 Å². The van der Waals surface area contributed by atoms with Crippen LogP contribution in [0, 0.1) is 6.92 Å². The summed E-state index contributed by atoms with van der Waals surface area (Å²) >= 11 is 0. The standard InChI is InChI=1S/C35H27N3Si/c1-26-36-24-31(25-37-26)39(28-15-7-3-8-16-28,29-17-9-4-10-18-29)30-21-22-35-33(23-30)32-19-11-12-20-34(32)38(35)27-13-5-2-6-14-27/h2-25H,1H3. The van der Waals surface area contributed by atoms with Crippen molar-refractivity contribution in [1.82, 2.24) is 14.5 Å². The normalized spacial score (nSPS) is 11.7. The lowest BCUT2D eigenvalue weighted by Crippen LogP contribution is -2.74. The molecule has 0 aliphatic heterocycles. The van der Waals surface area contributed by atoms with Crippen LogP contribution >= 0.6 is 0 Å². The monoisotopic (exact) mass is 517 g/mol. The largest absolute Gasteiger partial charge is 0.309 e. The van der Waals surface area contributed by atoms with Gasteiger partial charge in [0.05, 0.1) is 11.0 Å². The fourth-order valence-electron chi connectivity index (χ4n) is 6.02. The fraction of sp³-hybridized carbons (Fsp3) is 0.0286. The third-order valence-corrected chi connectivity index (χ3v) is 12.4. The second-order valence-corrected chi connectivity index (χ2v) is 13.7. The number of rotatable bonds is 5. The van der Waals surface area contributed by atoms with Gasteiger partial charge in [0.1, 0.15) is 5.82 Å². The number of aryl methyl sites for hydroxylation is 1. The lowest BCUT2D eigenvalue weighted by Gasteiger charge is -2.34. The van der Waals surface area contributed by atoms with Crippen LogP contribution in [0.1, 0.15) is 5.82 Å². The first-order chi connectivity index (χ1) is 19.3. The third kappa shape index (κ3) is 3.72. The molecule has 0 unspecified atom stereocenters. The zero-order chi connectivity index (χ0) is 26.2. The van der Waals surface area contributed by atoms with Crippen molar-refractivity contribution in [2.24, 2.45) is 0 Å². The molecule has 0 aliphatic rings. The second-order valence-electron chi connectivity index (χ2n) is 9.92. The minimum Gasteiger partial charge on any atom is -0.309 e. The molecule has 0 amide bonds. The summed E-state index contributed by atoms with van der Waals surface area (Å²) in [6.45, 7) is 1.95. The first-order valence-electron chi connectivity index (χ1n) is 13.3. The lowest BCUT2D eigenvalue weighted by atomic mass is 10.1. The molecule has 186 valence electrons. The molecule has 7 rings (SSSR count). The first-order valence-corrected chi connectivity index (χ1v) is 15.3. The molecule has 2 heterocycles. The SMILES string of the molecule is Cc1ncc([Si](c2ccccc2)(c2ccccc2)c2ccc3c(c2)c2ccccc2n3-c2ccccc2)cn1. The Morgan fingerprint density at radius 3 is 1.67 bits per heavy atom. The van der Waals surface area contributed by atoms with E-state index in [0.717, 1.165) is 11.5 Å². The Morgan fingerprint density at radius 1 is 0.487 bits per heavy atom. The smallest absolute Gasteiger partial charge is 0.183 e. The molecule has 0 aliphatic carbocycles. The maximum atomic E-state index is 4.70. The fourth-order valence-corrected chi connectivity index (χ4v) is 10.6. The Balaban J connectivity index is 1.61.